The van der Waals surface area contributed by atoms with E-state index >= 15 is 0 Å². The van der Waals surface area contributed by atoms with Gasteiger partial charge in [-0.05, 0) is 42.3 Å². The predicted octanol–water partition coefficient (Wildman–Crippen LogP) is 3.68. The van der Waals surface area contributed by atoms with Crippen LogP contribution in [0.15, 0.2) is 36.4 Å². The molecule has 0 unspecified atom stereocenters. The van der Waals surface area contributed by atoms with Gasteiger partial charge in [-0.25, -0.2) is 9.18 Å². The van der Waals surface area contributed by atoms with Crippen molar-refractivity contribution in [3.05, 3.63) is 58.9 Å². The number of carbonyl (C=O) groups excluding carboxylic acids is 1. The van der Waals surface area contributed by atoms with Crippen LogP contribution in [0.25, 0.3) is 0 Å². The number of aliphatic hydroxyl groups is 1. The molecule has 0 spiro atoms. The molecule has 0 aromatic heterocycles. The van der Waals surface area contributed by atoms with E-state index in [1.165, 1.54) is 24.3 Å². The number of nitrogens with one attached hydrogen (secondary N) is 1. The zero-order valence-corrected chi connectivity index (χ0v) is 14.3. The van der Waals surface area contributed by atoms with Crippen LogP contribution in [0.3, 0.4) is 0 Å². The first-order valence-electron chi connectivity index (χ1n) is 8.48. The Hall–Kier alpha value is -2.91. The van der Waals surface area contributed by atoms with Crippen LogP contribution in [-0.4, -0.2) is 23.3 Å². The van der Waals surface area contributed by atoms with E-state index < -0.39 is 17.9 Å². The van der Waals surface area contributed by atoms with Gasteiger partial charge in [0.25, 0.3) is 0 Å². The number of hydrogen-bond acceptors (Lipinski definition) is 5. The highest BCUT2D eigenvalue weighted by atomic mass is 19.1. The van der Waals surface area contributed by atoms with Crippen molar-refractivity contribution in [1.82, 2.24) is 0 Å². The van der Waals surface area contributed by atoms with Gasteiger partial charge in [0.2, 0.25) is 0 Å². The molecule has 2 aromatic rings. The number of carbonyl (C=O) groups is 1. The molecule has 0 bridgehead atoms. The zero-order chi connectivity index (χ0) is 18.7. The number of halogens is 1. The van der Waals surface area contributed by atoms with E-state index in [1.807, 2.05) is 13.0 Å². The number of benzene rings is 2. The lowest BCUT2D eigenvalue weighted by Gasteiger charge is -2.30. The number of hydrogen-bond donors (Lipinski definition) is 2. The normalized spacial score (nSPS) is 18.5. The fourth-order valence-corrected chi connectivity index (χ4v) is 2.77. The van der Waals surface area contributed by atoms with Crippen LogP contribution in [-0.2, 0) is 11.2 Å². The van der Waals surface area contributed by atoms with Crippen LogP contribution >= 0.6 is 0 Å². The Morgan fingerprint density at radius 2 is 2.08 bits per heavy atom. The standard InChI is InChI=1S/C20H19FN2O3/c1-2-12-4-6-18(17(21)7-12)23-19-8-13(11-22)3-5-16(19)20(25)26-15-9-14(24)10-15/h3-8,14-15,23-24H,2,9-10H2,1H3. The van der Waals surface area contributed by atoms with Gasteiger partial charge in [0.1, 0.15) is 11.9 Å². The van der Waals surface area contributed by atoms with Crippen LogP contribution in [0.4, 0.5) is 15.8 Å². The molecule has 0 heterocycles. The van der Waals surface area contributed by atoms with E-state index in [0.717, 1.165) is 5.56 Å². The molecule has 26 heavy (non-hydrogen) atoms. The Bertz CT molecular complexity index is 870. The fourth-order valence-electron chi connectivity index (χ4n) is 2.77. The highest BCUT2D eigenvalue weighted by Crippen LogP contribution is 2.29. The molecular formula is C20H19FN2O3. The summed E-state index contributed by atoms with van der Waals surface area (Å²) in [6, 6.07) is 11.3. The van der Waals surface area contributed by atoms with Gasteiger partial charge in [0.15, 0.2) is 0 Å². The van der Waals surface area contributed by atoms with Gasteiger partial charge >= 0.3 is 5.97 Å². The monoisotopic (exact) mass is 354 g/mol. The lowest BCUT2D eigenvalue weighted by Crippen LogP contribution is -2.36. The maximum Gasteiger partial charge on any atom is 0.340 e. The lowest BCUT2D eigenvalue weighted by molar-refractivity contribution is -0.0465. The van der Waals surface area contributed by atoms with Crippen molar-refractivity contribution in [2.75, 3.05) is 5.32 Å². The summed E-state index contributed by atoms with van der Waals surface area (Å²) in [6.45, 7) is 1.93. The number of anilines is 2. The quantitative estimate of drug-likeness (QED) is 0.801. The van der Waals surface area contributed by atoms with Gasteiger partial charge < -0.3 is 15.2 Å². The minimum absolute atomic E-state index is 0.212. The average molecular weight is 354 g/mol. The molecule has 0 saturated heterocycles. The maximum atomic E-state index is 14.3. The van der Waals surface area contributed by atoms with Gasteiger partial charge in [-0.1, -0.05) is 13.0 Å². The number of esters is 1. The molecule has 134 valence electrons. The number of ether oxygens (including phenoxy) is 1. The summed E-state index contributed by atoms with van der Waals surface area (Å²) in [5, 5.41) is 21.3. The topological polar surface area (TPSA) is 82.4 Å². The number of nitrogens with zero attached hydrogens (tertiary/aromatic N) is 1. The fraction of sp³-hybridized carbons (Fsp3) is 0.300. The van der Waals surface area contributed by atoms with E-state index in [4.69, 9.17) is 10.00 Å². The van der Waals surface area contributed by atoms with E-state index in [9.17, 15) is 14.3 Å². The second kappa shape index (κ2) is 7.54. The molecule has 0 amide bonds. The first-order valence-corrected chi connectivity index (χ1v) is 8.48. The van der Waals surface area contributed by atoms with Crippen molar-refractivity contribution in [3.8, 4) is 6.07 Å². The number of aryl methyl sites for hydroxylation is 1. The minimum Gasteiger partial charge on any atom is -0.459 e. The molecular weight excluding hydrogens is 335 g/mol. The van der Waals surface area contributed by atoms with Gasteiger partial charge in [0.05, 0.1) is 34.7 Å². The Balaban J connectivity index is 1.87. The summed E-state index contributed by atoms with van der Waals surface area (Å²) < 4.78 is 19.6. The largest absolute Gasteiger partial charge is 0.459 e. The van der Waals surface area contributed by atoms with Gasteiger partial charge in [0, 0.05) is 12.8 Å². The second-order valence-electron chi connectivity index (χ2n) is 6.32. The van der Waals surface area contributed by atoms with Gasteiger partial charge in [-0.15, -0.1) is 0 Å². The Morgan fingerprint density at radius 1 is 1.31 bits per heavy atom. The number of nitriles is 1. The van der Waals surface area contributed by atoms with E-state index in [2.05, 4.69) is 5.32 Å². The van der Waals surface area contributed by atoms with Gasteiger partial charge in [-0.3, -0.25) is 0 Å². The smallest absolute Gasteiger partial charge is 0.340 e. The Morgan fingerprint density at radius 3 is 2.69 bits per heavy atom. The predicted molar refractivity (Wildman–Crippen MR) is 94.7 cm³/mol. The molecule has 2 N–H and O–H groups in total. The van der Waals surface area contributed by atoms with Crippen LogP contribution in [0.1, 0.15) is 41.3 Å². The first kappa shape index (κ1) is 17.9. The molecule has 1 saturated carbocycles. The van der Waals surface area contributed by atoms with Crippen LogP contribution in [0.2, 0.25) is 0 Å². The molecule has 2 aromatic carbocycles. The van der Waals surface area contributed by atoms with Crippen molar-refractivity contribution < 1.29 is 19.0 Å². The highest BCUT2D eigenvalue weighted by Gasteiger charge is 2.31. The first-order chi connectivity index (χ1) is 12.5. The van der Waals surface area contributed by atoms with Crippen molar-refractivity contribution in [2.45, 2.75) is 38.4 Å². The number of rotatable bonds is 5. The van der Waals surface area contributed by atoms with E-state index in [0.29, 0.717) is 30.5 Å². The highest BCUT2D eigenvalue weighted by molar-refractivity contribution is 5.97. The average Bonchev–Trinajstić information content (AvgIpc) is 2.61. The van der Waals surface area contributed by atoms with Crippen molar-refractivity contribution >= 4 is 17.3 Å². The molecule has 5 nitrogen and oxygen atoms in total. The SMILES string of the molecule is CCc1ccc(Nc2cc(C#N)ccc2C(=O)OC2CC(O)C2)c(F)c1. The summed E-state index contributed by atoms with van der Waals surface area (Å²) in [5.74, 6) is -1.01. The van der Waals surface area contributed by atoms with Crippen molar-refractivity contribution in [2.24, 2.45) is 0 Å². The van der Waals surface area contributed by atoms with Crippen LogP contribution in [0, 0.1) is 17.1 Å². The summed E-state index contributed by atoms with van der Waals surface area (Å²) in [6.07, 6.45) is 0.793. The minimum atomic E-state index is -0.570. The van der Waals surface area contributed by atoms with Crippen LogP contribution in [0.5, 0.6) is 0 Å². The molecule has 0 aliphatic heterocycles. The van der Waals surface area contributed by atoms with Crippen molar-refractivity contribution in [1.29, 1.82) is 5.26 Å². The Kier molecular flexibility index (Phi) is 5.19. The van der Waals surface area contributed by atoms with E-state index in [1.54, 1.807) is 12.1 Å². The molecule has 1 fully saturated rings. The zero-order valence-electron chi connectivity index (χ0n) is 14.3. The summed E-state index contributed by atoms with van der Waals surface area (Å²) in [4.78, 5) is 12.4. The summed E-state index contributed by atoms with van der Waals surface area (Å²) in [5.41, 5.74) is 1.93. The molecule has 0 radical (unpaired) electrons. The van der Waals surface area contributed by atoms with Gasteiger partial charge in [-0.2, -0.15) is 5.26 Å². The summed E-state index contributed by atoms with van der Waals surface area (Å²) in [7, 11) is 0. The third-order valence-electron chi connectivity index (χ3n) is 4.42. The third-order valence-corrected chi connectivity index (χ3v) is 4.42. The Labute approximate surface area is 151 Å². The van der Waals surface area contributed by atoms with Crippen molar-refractivity contribution in [3.63, 3.8) is 0 Å². The van der Waals surface area contributed by atoms with Crippen LogP contribution < -0.4 is 5.32 Å². The second-order valence-corrected chi connectivity index (χ2v) is 6.32. The molecule has 1 aliphatic rings. The summed E-state index contributed by atoms with van der Waals surface area (Å²) >= 11 is 0. The molecule has 3 rings (SSSR count). The maximum absolute atomic E-state index is 14.3. The number of aliphatic hydroxyl groups excluding tert-OH is 1. The molecule has 6 heteroatoms. The molecule has 1 aliphatic carbocycles. The lowest BCUT2D eigenvalue weighted by atomic mass is 9.92. The third kappa shape index (κ3) is 3.84. The molecule has 0 atom stereocenters. The van der Waals surface area contributed by atoms with E-state index in [-0.39, 0.29) is 17.4 Å².